The number of cyclic esters (lactones) is 1. The Kier molecular flexibility index (Phi) is 19.4. The molecule has 5 heterocycles. The van der Waals surface area contributed by atoms with E-state index in [1.807, 2.05) is 84.1 Å². The van der Waals surface area contributed by atoms with Crippen molar-refractivity contribution in [2.75, 3.05) is 40.9 Å². The van der Waals surface area contributed by atoms with E-state index in [9.17, 15) is 35.4 Å². The zero-order valence-electron chi connectivity index (χ0n) is 45.0. The summed E-state index contributed by atoms with van der Waals surface area (Å²) in [5, 5.41) is 86.7. The number of likely N-dealkylation sites (N-methyl/N-ethyl adjacent to an activating group) is 2. The monoisotopic (exact) mass is 1010 g/mol. The van der Waals surface area contributed by atoms with Crippen molar-refractivity contribution in [1.29, 1.82) is 0 Å². The standard InChI is InChI=1S/C53H87N7O12/c1-14-43-53(10,67)46(63)34(6)59(12)28-30(2)26-51(8,66)48(32(4)44(33(5)49(65)71-43)42-27-52(9,68-13)47(64)35(7)70-42)72-50-45(62)41(23-31(3)69-50)58(11)21-19-37-25-39(55-54-37)24-36-15-17-40(18-16-36)60-29-38(20-22-61)56-57-60/h15-18,25,29-35,39,41-48,50,61-64,66-67H,14,19-24,26-28H2,1-13H3/t30-,31-,32+,33-,34-,35+,39?,41+,42?,43-,44+,45-,46-,47+,48-,50+,51-,52-,53-/m1/s1. The molecule has 3 saturated heterocycles. The molecule has 0 bridgehead atoms. The fourth-order valence-electron chi connectivity index (χ4n) is 12.0. The Balaban J connectivity index is 1.23. The van der Waals surface area contributed by atoms with E-state index < -0.39 is 102 Å². The molecule has 0 radical (unpaired) electrons. The van der Waals surface area contributed by atoms with Crippen molar-refractivity contribution >= 4 is 5.97 Å². The fourth-order valence-corrected chi connectivity index (χ4v) is 12.0. The first kappa shape index (κ1) is 58.0. The number of benzene rings is 1. The van der Waals surface area contributed by atoms with Crippen LogP contribution in [0.5, 0.6) is 0 Å². The quantitative estimate of drug-likeness (QED) is 0.146. The molecule has 406 valence electrons. The summed E-state index contributed by atoms with van der Waals surface area (Å²) in [5.74, 6) is -3.13. The molecule has 19 atom stereocenters. The van der Waals surface area contributed by atoms with Gasteiger partial charge in [-0.2, -0.15) is 10.2 Å². The van der Waals surface area contributed by atoms with E-state index in [0.717, 1.165) is 22.6 Å². The number of ether oxygens (including phenoxy) is 5. The van der Waals surface area contributed by atoms with Crippen LogP contribution < -0.4 is 0 Å². The molecule has 1 aromatic heterocycles. The number of esters is 1. The number of hydrogen-bond donors (Lipinski definition) is 6. The molecular formula is C53H87N7O12. The number of carbonyl (C=O) groups excluding carboxylic acids is 1. The van der Waals surface area contributed by atoms with Crippen LogP contribution in [0.3, 0.4) is 0 Å². The summed E-state index contributed by atoms with van der Waals surface area (Å²) in [7, 11) is 5.35. The first-order chi connectivity index (χ1) is 33.8. The van der Waals surface area contributed by atoms with Crippen LogP contribution in [0.4, 0.5) is 0 Å². The van der Waals surface area contributed by atoms with Gasteiger partial charge in [-0.25, -0.2) is 4.68 Å². The topological polar surface area (TPSA) is 247 Å². The highest BCUT2D eigenvalue weighted by molar-refractivity contribution is 5.73. The highest BCUT2D eigenvalue weighted by atomic mass is 16.7. The SMILES string of the molecule is CC[C@H]1OC(=O)[C@H](C)[C@@H](C2C[C@@](C)(OC)[C@@H](O)[C@H](C)O2)[C@H](C)[C@@H](O[C@@H]2O[C@H](C)C[C@H](N(C)CCC3=CC(Cc4ccc(-n5cc(CCO)nn5)cc4)N=N3)[C@H]2O)[C@](C)(O)C[C@@H](C)CN(C)[C@H](C)[C@@H](O)[C@]1(C)O. The molecule has 6 N–H and O–H groups in total. The Labute approximate surface area is 426 Å². The van der Waals surface area contributed by atoms with Gasteiger partial charge in [-0.1, -0.05) is 45.0 Å². The maximum atomic E-state index is 14.6. The van der Waals surface area contributed by atoms with Gasteiger partial charge in [0.15, 0.2) is 6.29 Å². The molecule has 2 aromatic rings. The van der Waals surface area contributed by atoms with E-state index >= 15 is 0 Å². The minimum Gasteiger partial charge on any atom is -0.459 e. The Morgan fingerprint density at radius 1 is 0.958 bits per heavy atom. The molecule has 4 aliphatic heterocycles. The van der Waals surface area contributed by atoms with Gasteiger partial charge in [-0.05, 0) is 111 Å². The lowest BCUT2D eigenvalue weighted by Gasteiger charge is -2.51. The number of aromatic nitrogens is 3. The maximum absolute atomic E-state index is 14.6. The second kappa shape index (κ2) is 24.1. The summed E-state index contributed by atoms with van der Waals surface area (Å²) < 4.78 is 33.9. The van der Waals surface area contributed by atoms with Crippen LogP contribution >= 0.6 is 0 Å². The zero-order valence-corrected chi connectivity index (χ0v) is 45.0. The van der Waals surface area contributed by atoms with Gasteiger partial charge in [0.1, 0.15) is 30.0 Å². The number of hydrogen-bond acceptors (Lipinski definition) is 18. The maximum Gasteiger partial charge on any atom is 0.309 e. The van der Waals surface area contributed by atoms with E-state index in [0.29, 0.717) is 38.8 Å². The van der Waals surface area contributed by atoms with Crippen LogP contribution in [0.15, 0.2) is 52.5 Å². The largest absolute Gasteiger partial charge is 0.459 e. The molecule has 0 spiro atoms. The fraction of sp³-hybridized carbons (Fsp3) is 0.792. The summed E-state index contributed by atoms with van der Waals surface area (Å²) in [6.07, 6.45) is -1.69. The summed E-state index contributed by atoms with van der Waals surface area (Å²) in [6.45, 7) is 19.0. The summed E-state index contributed by atoms with van der Waals surface area (Å²) in [5.41, 5.74) is -0.906. The number of aliphatic hydroxyl groups excluding tert-OH is 4. The van der Waals surface area contributed by atoms with Gasteiger partial charge in [-0.3, -0.25) is 4.79 Å². The third kappa shape index (κ3) is 13.2. The van der Waals surface area contributed by atoms with Crippen LogP contribution in [-0.2, 0) is 41.3 Å². The molecule has 0 saturated carbocycles. The van der Waals surface area contributed by atoms with Gasteiger partial charge in [0.25, 0.3) is 0 Å². The molecular weight excluding hydrogens is 927 g/mol. The number of aliphatic hydroxyl groups is 6. The van der Waals surface area contributed by atoms with Gasteiger partial charge in [0.05, 0.1) is 70.9 Å². The lowest BCUT2D eigenvalue weighted by Crippen LogP contribution is -2.62. The number of carbonyl (C=O) groups is 1. The van der Waals surface area contributed by atoms with Gasteiger partial charge < -0.3 is 64.1 Å². The molecule has 1 aromatic carbocycles. The van der Waals surface area contributed by atoms with Crippen molar-refractivity contribution < 1.29 is 59.1 Å². The highest BCUT2D eigenvalue weighted by Gasteiger charge is 2.55. The molecule has 4 aliphatic rings. The van der Waals surface area contributed by atoms with E-state index in [1.165, 1.54) is 14.0 Å². The van der Waals surface area contributed by atoms with Crippen LogP contribution in [0.25, 0.3) is 5.69 Å². The minimum absolute atomic E-state index is 0.0143. The van der Waals surface area contributed by atoms with E-state index in [4.69, 9.17) is 23.7 Å². The number of rotatable bonds is 14. The molecule has 19 heteroatoms. The average Bonchev–Trinajstić information content (AvgIpc) is 4.00. The molecule has 2 unspecified atom stereocenters. The highest BCUT2D eigenvalue weighted by Crippen LogP contribution is 2.45. The van der Waals surface area contributed by atoms with Gasteiger partial charge in [0, 0.05) is 70.5 Å². The molecule has 0 aliphatic carbocycles. The first-order valence-electron chi connectivity index (χ1n) is 26.2. The molecule has 3 fully saturated rings. The van der Waals surface area contributed by atoms with Crippen molar-refractivity contribution in [3.63, 3.8) is 0 Å². The zero-order chi connectivity index (χ0) is 53.0. The molecule has 0 amide bonds. The number of methoxy groups -OCH3 is 1. The minimum atomic E-state index is -1.81. The van der Waals surface area contributed by atoms with Crippen LogP contribution in [-0.4, -0.2) is 192 Å². The molecule has 6 rings (SSSR count). The van der Waals surface area contributed by atoms with E-state index in [-0.39, 0.29) is 43.9 Å². The van der Waals surface area contributed by atoms with Gasteiger partial charge >= 0.3 is 5.97 Å². The van der Waals surface area contributed by atoms with Crippen molar-refractivity contribution in [1.82, 2.24) is 24.8 Å². The number of azo groups is 1. The molecule has 72 heavy (non-hydrogen) atoms. The van der Waals surface area contributed by atoms with Crippen LogP contribution in [0.2, 0.25) is 0 Å². The third-order valence-corrected chi connectivity index (χ3v) is 16.5. The summed E-state index contributed by atoms with van der Waals surface area (Å²) >= 11 is 0. The van der Waals surface area contributed by atoms with Crippen LogP contribution in [0.1, 0.15) is 113 Å². The van der Waals surface area contributed by atoms with E-state index in [1.54, 1.807) is 32.4 Å². The summed E-state index contributed by atoms with van der Waals surface area (Å²) in [4.78, 5) is 18.7. The van der Waals surface area contributed by atoms with Crippen molar-refractivity contribution in [3.05, 3.63) is 53.5 Å². The molecule has 19 nitrogen and oxygen atoms in total. The van der Waals surface area contributed by atoms with Gasteiger partial charge in [-0.15, -0.1) is 5.10 Å². The predicted molar refractivity (Wildman–Crippen MR) is 269 cm³/mol. The average molecular weight is 1010 g/mol. The third-order valence-electron chi connectivity index (χ3n) is 16.5. The normalized spacial score (nSPS) is 40.9. The Bertz CT molecular complexity index is 2120. The smallest absolute Gasteiger partial charge is 0.309 e. The van der Waals surface area contributed by atoms with Crippen molar-refractivity contribution in [2.45, 2.75) is 204 Å². The van der Waals surface area contributed by atoms with Crippen molar-refractivity contribution in [2.24, 2.45) is 33.9 Å². The lowest BCUT2D eigenvalue weighted by molar-refractivity contribution is -0.302. The second-order valence-corrected chi connectivity index (χ2v) is 22.5. The van der Waals surface area contributed by atoms with Crippen LogP contribution in [0, 0.1) is 23.7 Å². The summed E-state index contributed by atoms with van der Waals surface area (Å²) in [6, 6.07) is 6.97. The second-order valence-electron chi connectivity index (χ2n) is 22.5. The number of nitrogens with zero attached hydrogens (tertiary/aromatic N) is 7. The Morgan fingerprint density at radius 2 is 1.65 bits per heavy atom. The Morgan fingerprint density at radius 3 is 2.31 bits per heavy atom. The Hall–Kier alpha value is -3.31. The van der Waals surface area contributed by atoms with E-state index in [2.05, 4.69) is 31.5 Å². The lowest BCUT2D eigenvalue weighted by atomic mass is 9.68. The predicted octanol–water partition coefficient (Wildman–Crippen LogP) is 4.01. The van der Waals surface area contributed by atoms with Crippen molar-refractivity contribution in [3.8, 4) is 5.69 Å². The first-order valence-corrected chi connectivity index (χ1v) is 26.2. The van der Waals surface area contributed by atoms with Gasteiger partial charge in [0.2, 0.25) is 0 Å².